The second-order valence-corrected chi connectivity index (χ2v) is 21.9. The zero-order chi connectivity index (χ0) is 72.6. The van der Waals surface area contributed by atoms with Crippen LogP contribution in [0, 0.1) is 276 Å². The summed E-state index contributed by atoms with van der Waals surface area (Å²) >= 11 is 6.66. The average molecular weight is 1430 g/mol. The lowest BCUT2D eigenvalue weighted by Crippen LogP contribution is -2.01. The van der Waals surface area contributed by atoms with Crippen molar-refractivity contribution in [1.29, 1.82) is 0 Å². The molecule has 0 radical (unpaired) electrons. The number of aliphatic hydroxyl groups is 1. The van der Waals surface area contributed by atoms with Gasteiger partial charge in [0, 0.05) is 205 Å². The normalized spacial score (nSPS) is 8.65. The lowest BCUT2D eigenvalue weighted by atomic mass is 10.0. The minimum atomic E-state index is -0.624. The van der Waals surface area contributed by atoms with Crippen LogP contribution in [0.4, 0.5) is 0 Å². The summed E-state index contributed by atoms with van der Waals surface area (Å²) < 4.78 is 22.4. The number of alkyl halides is 1. The van der Waals surface area contributed by atoms with Gasteiger partial charge in [0.05, 0.1) is 18.6 Å². The molecule has 4 rings (SSSR count). The Morgan fingerprint density at radius 3 is 0.725 bits per heavy atom. The molecule has 0 aromatic heterocycles. The third kappa shape index (κ3) is 48.4. The van der Waals surface area contributed by atoms with Gasteiger partial charge in [-0.3, -0.25) is 0 Å². The van der Waals surface area contributed by atoms with Gasteiger partial charge in [0.25, 0.3) is 0 Å². The van der Waals surface area contributed by atoms with E-state index < -0.39 is 6.10 Å². The first-order valence-electron chi connectivity index (χ1n) is 33.5. The second kappa shape index (κ2) is 62.5. The largest absolute Gasteiger partial charge is 0.494 e. The van der Waals surface area contributed by atoms with Crippen LogP contribution >= 0.6 is 11.6 Å². The number of ether oxygens (including phenoxy) is 4. The van der Waals surface area contributed by atoms with Crippen LogP contribution in [0.5, 0.6) is 11.5 Å². The van der Waals surface area contributed by atoms with Crippen molar-refractivity contribution in [2.75, 3.05) is 26.4 Å². The monoisotopic (exact) mass is 1430 g/mol. The molecular weight excluding hydrogens is 1270 g/mol. The topological polar surface area (TPSA) is 57.2 Å². The van der Waals surface area contributed by atoms with Crippen molar-refractivity contribution in [3.8, 4) is 273 Å². The molecule has 5 nitrogen and oxygen atoms in total. The predicted molar refractivity (Wildman–Crippen MR) is 508 cm³/mol. The molecule has 2 unspecified atom stereocenters. The first kappa shape index (κ1) is 82.9. The quantitative estimate of drug-likeness (QED) is 0.0300. The van der Waals surface area contributed by atoms with Crippen molar-refractivity contribution >= 4 is 11.6 Å². The molecule has 4 aromatic carbocycles. The second-order valence-electron chi connectivity index (χ2n) is 21.4. The van der Waals surface area contributed by atoms with Crippen LogP contribution in [0.1, 0.15) is 236 Å². The van der Waals surface area contributed by atoms with Crippen molar-refractivity contribution in [1.82, 2.24) is 0 Å². The van der Waals surface area contributed by atoms with Crippen LogP contribution < -0.4 is 9.47 Å². The highest BCUT2D eigenvalue weighted by atomic mass is 35.5. The summed E-state index contributed by atoms with van der Waals surface area (Å²) in [4.78, 5) is 0. The molecule has 0 spiro atoms. The van der Waals surface area contributed by atoms with Crippen molar-refractivity contribution in [2.45, 2.75) is 154 Å². The Labute approximate surface area is 681 Å². The van der Waals surface area contributed by atoms with Crippen molar-refractivity contribution in [2.24, 2.45) is 0 Å². The van der Waals surface area contributed by atoms with E-state index >= 15 is 0 Å². The summed E-state index contributed by atoms with van der Waals surface area (Å²) in [5.41, 5.74) is 6.36. The predicted octanol–water partition coefficient (Wildman–Crippen LogP) is 26.1. The molecule has 102 heavy (non-hydrogen) atoms. The van der Waals surface area contributed by atoms with E-state index in [9.17, 15) is 5.11 Å². The number of terminal acetylenes is 2. The molecule has 0 saturated heterocycles. The molecular formula is C96H163ClO5. The average Bonchev–Trinajstić information content (AvgIpc) is 0.855. The van der Waals surface area contributed by atoms with Gasteiger partial charge in [-0.15, -0.1) is 24.4 Å². The van der Waals surface area contributed by atoms with Gasteiger partial charge in [0.2, 0.25) is 0 Å². The molecule has 0 aliphatic carbocycles. The first-order chi connectivity index (χ1) is 50.4. The van der Waals surface area contributed by atoms with Crippen molar-refractivity contribution in [3.63, 3.8) is 0 Å². The van der Waals surface area contributed by atoms with Crippen LogP contribution in [0.2, 0.25) is 0 Å². The zero-order valence-corrected chi connectivity index (χ0v) is 58.7. The Morgan fingerprint density at radius 2 is 0.471 bits per heavy atom. The van der Waals surface area contributed by atoms with Crippen LogP contribution in [0.15, 0.2) is 97.1 Å². The zero-order valence-electron chi connectivity index (χ0n) is 58.0. The maximum atomic E-state index is 10.6. The molecule has 0 fully saturated rings. The molecule has 6 heteroatoms. The third-order valence-electron chi connectivity index (χ3n) is 13.6. The first-order valence-corrected chi connectivity index (χ1v) is 33.9. The number of rotatable bonds is 32. The maximum absolute atomic E-state index is 10.6. The summed E-state index contributed by atoms with van der Waals surface area (Å²) in [5.74, 6) is 102. The summed E-state index contributed by atoms with van der Waals surface area (Å²) in [7, 11) is 0. The fourth-order valence-electron chi connectivity index (χ4n) is 8.47. The minimum Gasteiger partial charge on any atom is -0.494 e. The van der Waals surface area contributed by atoms with Gasteiger partial charge in [-0.1, -0.05) is 187 Å². The van der Waals surface area contributed by atoms with Gasteiger partial charge >= 0.3 is 0 Å². The maximum Gasteiger partial charge on any atom is 0.124 e. The Hall–Kier alpha value is -13.4. The molecule has 0 heterocycles. The lowest BCUT2D eigenvalue weighted by molar-refractivity contribution is 0.220. The van der Waals surface area contributed by atoms with E-state index in [0.717, 1.165) is 85.5 Å². The van der Waals surface area contributed by atoms with E-state index in [1.54, 1.807) is 0 Å². The molecule has 0 aliphatic heterocycles. The van der Waals surface area contributed by atoms with Gasteiger partial charge < -0.3 is 24.1 Å². The molecule has 4 aromatic rings. The highest BCUT2D eigenvalue weighted by Gasteiger charge is 2.12. The van der Waals surface area contributed by atoms with Crippen LogP contribution in [-0.4, -0.2) is 31.5 Å². The van der Waals surface area contributed by atoms with Gasteiger partial charge in [-0.2, -0.15) is 0 Å². The molecule has 0 amide bonds. The van der Waals surface area contributed by atoms with E-state index in [4.69, 9.17) is 43.4 Å². The third-order valence-corrected chi connectivity index (χ3v) is 14.1. The van der Waals surface area contributed by atoms with Crippen molar-refractivity contribution < 1.29 is 86.8 Å². The van der Waals surface area contributed by atoms with Crippen molar-refractivity contribution in [3.05, 3.63) is 130 Å². The van der Waals surface area contributed by atoms with E-state index in [2.05, 4.69) is 292 Å². The number of aryl methyl sites for hydroxylation is 2. The SMILES string of the molecule is C#CC#CC#CC#CC#CC#CC#CC#CC#CC#CC#COCCCCCCCCCCCCOc1ccc(C(Cl)c2ccc(C)cc2)cc1.C#CC#CC#CC#CC#CC#CC#CC#CC#CC#CC#COCCCCCCCCCCCCOc1ccc(C(O)c2ccc(C)cc2)cc1.[HH].[HH].[HH].[HH].[HH].[HH].[HH].[HH].[HH].[HH].[HH].[HH].[HH].[HH].[HH].[HH].[HH].[HH].[HH].[HH].[HH].[HH].[HH].[HH].[HH].[HH].[HH].[HH].[HH].[HH].[HH].[HH].[HH].[HH].[HH].[HH].[HH].[HH].[HH].[HH].[HH].[HH].[HH].[HH]. The Kier molecular flexibility index (Phi) is 50.7. The number of hydrogen-bond donors (Lipinski definition) is 1. The fourth-order valence-corrected chi connectivity index (χ4v) is 8.76. The number of hydrogen-bond acceptors (Lipinski definition) is 5. The minimum absolute atomic E-state index is 0. The van der Waals surface area contributed by atoms with E-state index in [1.165, 1.54) is 101 Å². The highest BCUT2D eigenvalue weighted by Crippen LogP contribution is 2.30. The summed E-state index contributed by atoms with van der Waals surface area (Å²) in [6.07, 6.45) is 38.3. The van der Waals surface area contributed by atoms with Gasteiger partial charge in [-0.25, -0.2) is 0 Å². The van der Waals surface area contributed by atoms with E-state index in [0.29, 0.717) is 13.2 Å². The van der Waals surface area contributed by atoms with Gasteiger partial charge in [0.15, 0.2) is 0 Å². The Morgan fingerprint density at radius 1 is 0.275 bits per heavy atom. The highest BCUT2D eigenvalue weighted by molar-refractivity contribution is 6.22. The molecule has 0 bridgehead atoms. The standard InChI is InChI=1S/C48H37ClO2.C48H38O3.44H2/c2*1-3-4-5-6-7-8-9-10-11-12-13-14-15-16-17-18-21-24-27-30-41-50-42-31-28-25-22-19-20-23-26-29-32-43-51-47-39-37-46(38-40-47)48(49)45-35-33-44(2)34-36-45;;;;;;;;;;;;;;;;;;;;;;;;;;;;;;;;;;;;;;;;;;;;/h1,33-40,48H,19-20,22-23,25-26,28-29,31-32,42-43H2,2H3;1,33-40,48-49H,19-20,22-23,25-26,28-29,31-32,42-43H2,2H3;44*1H. The number of aliphatic hydroxyl groups excluding tert-OH is 1. The Bertz CT molecular complexity index is 4600. The molecule has 584 valence electrons. The molecule has 2 atom stereocenters. The summed E-state index contributed by atoms with van der Waals surface area (Å²) in [6.45, 7) is 6.80. The van der Waals surface area contributed by atoms with E-state index in [1.807, 2.05) is 67.6 Å². The summed E-state index contributed by atoms with van der Waals surface area (Å²) in [5, 5.41) is 10.5. The van der Waals surface area contributed by atoms with E-state index in [-0.39, 0.29) is 68.1 Å². The summed E-state index contributed by atoms with van der Waals surface area (Å²) in [6, 6.07) is 32.2. The smallest absolute Gasteiger partial charge is 0.124 e. The number of benzene rings is 4. The lowest BCUT2D eigenvalue weighted by Gasteiger charge is -2.13. The fraction of sp³-hybridized carbons (Fsp3) is 0.292. The van der Waals surface area contributed by atoms with Gasteiger partial charge in [0.1, 0.15) is 43.0 Å². The number of unbranched alkanes of at least 4 members (excludes halogenated alkanes) is 18. The number of halogens is 1. The van der Waals surface area contributed by atoms with Crippen LogP contribution in [0.25, 0.3) is 0 Å². The molecule has 0 saturated carbocycles. The molecule has 0 aliphatic rings. The van der Waals surface area contributed by atoms with Gasteiger partial charge in [-0.05, 0) is 181 Å². The van der Waals surface area contributed by atoms with Crippen LogP contribution in [0.3, 0.4) is 0 Å². The van der Waals surface area contributed by atoms with Crippen LogP contribution in [-0.2, 0) is 9.47 Å². The Balaban J connectivity index is -0.0000000285. The molecule has 1 N–H and O–H groups in total.